The fourth-order valence-electron chi connectivity index (χ4n) is 3.43. The van der Waals surface area contributed by atoms with Gasteiger partial charge in [0.15, 0.2) is 21.8 Å². The topological polar surface area (TPSA) is 56.3 Å². The van der Waals surface area contributed by atoms with Gasteiger partial charge in [-0.2, -0.15) is 0 Å². The highest BCUT2D eigenvalue weighted by atomic mass is 32.1. The Hall–Kier alpha value is -2.64. The molecule has 2 aromatic heterocycles. The van der Waals surface area contributed by atoms with Gasteiger partial charge in [-0.15, -0.1) is 11.3 Å². The number of aromatic nitrogens is 2. The van der Waals surface area contributed by atoms with Crippen LogP contribution in [0.4, 0.5) is 10.3 Å². The number of hydrogen-bond donors (Lipinski definition) is 1. The SMILES string of the molecule is COc1cc2nc(Nc3nc(-c4c(C)cc(C)cc4C)cs3)sc2cc1OC. The molecule has 0 saturated carbocycles. The third-order valence-corrected chi connectivity index (χ3v) is 6.24. The summed E-state index contributed by atoms with van der Waals surface area (Å²) in [6, 6.07) is 8.23. The largest absolute Gasteiger partial charge is 0.493 e. The second-order valence-electron chi connectivity index (χ2n) is 6.63. The first-order valence-corrected chi connectivity index (χ1v) is 10.5. The highest BCUT2D eigenvalue weighted by Gasteiger charge is 2.14. The first-order valence-electron chi connectivity index (χ1n) is 8.82. The molecule has 144 valence electrons. The van der Waals surface area contributed by atoms with Gasteiger partial charge < -0.3 is 14.8 Å². The molecule has 0 spiro atoms. The Labute approximate surface area is 172 Å². The molecule has 0 bridgehead atoms. The van der Waals surface area contributed by atoms with E-state index in [-0.39, 0.29) is 0 Å². The number of ether oxygens (including phenoxy) is 2. The monoisotopic (exact) mass is 411 g/mol. The van der Waals surface area contributed by atoms with Crippen molar-refractivity contribution in [2.75, 3.05) is 19.5 Å². The Balaban J connectivity index is 1.64. The van der Waals surface area contributed by atoms with Crippen LogP contribution < -0.4 is 14.8 Å². The van der Waals surface area contributed by atoms with Crippen molar-refractivity contribution in [1.29, 1.82) is 0 Å². The van der Waals surface area contributed by atoms with Crippen molar-refractivity contribution < 1.29 is 9.47 Å². The van der Waals surface area contributed by atoms with Crippen LogP contribution in [0, 0.1) is 20.8 Å². The molecule has 1 N–H and O–H groups in total. The first kappa shape index (κ1) is 18.7. The average Bonchev–Trinajstić information content (AvgIpc) is 3.25. The van der Waals surface area contributed by atoms with Gasteiger partial charge in [-0.1, -0.05) is 29.0 Å². The Bertz CT molecular complexity index is 1100. The smallest absolute Gasteiger partial charge is 0.190 e. The Morgan fingerprint density at radius 1 is 0.857 bits per heavy atom. The van der Waals surface area contributed by atoms with Crippen molar-refractivity contribution in [2.45, 2.75) is 20.8 Å². The molecule has 0 unspecified atom stereocenters. The van der Waals surface area contributed by atoms with E-state index in [4.69, 9.17) is 14.5 Å². The van der Waals surface area contributed by atoms with Gasteiger partial charge in [-0.25, -0.2) is 9.97 Å². The van der Waals surface area contributed by atoms with Gasteiger partial charge in [0, 0.05) is 23.1 Å². The van der Waals surface area contributed by atoms with E-state index < -0.39 is 0 Å². The van der Waals surface area contributed by atoms with E-state index in [1.54, 1.807) is 36.9 Å². The summed E-state index contributed by atoms with van der Waals surface area (Å²) in [4.78, 5) is 9.45. The molecule has 0 atom stereocenters. The van der Waals surface area contributed by atoms with Crippen LogP contribution in [0.15, 0.2) is 29.6 Å². The summed E-state index contributed by atoms with van der Waals surface area (Å²) in [6.45, 7) is 6.39. The molecule has 2 aromatic carbocycles. The van der Waals surface area contributed by atoms with Crippen LogP contribution in [0.5, 0.6) is 11.5 Å². The number of nitrogens with one attached hydrogen (secondary N) is 1. The van der Waals surface area contributed by atoms with Crippen molar-refractivity contribution in [3.05, 3.63) is 46.3 Å². The maximum absolute atomic E-state index is 5.38. The number of hydrogen-bond acceptors (Lipinski definition) is 7. The second kappa shape index (κ2) is 7.41. The molecule has 4 aromatic rings. The summed E-state index contributed by atoms with van der Waals surface area (Å²) >= 11 is 3.14. The zero-order chi connectivity index (χ0) is 19.8. The molecule has 2 heterocycles. The third kappa shape index (κ3) is 3.43. The van der Waals surface area contributed by atoms with Gasteiger partial charge in [-0.3, -0.25) is 0 Å². The maximum Gasteiger partial charge on any atom is 0.190 e. The molecule has 0 aliphatic carbocycles. The number of aryl methyl sites for hydroxylation is 3. The zero-order valence-corrected chi connectivity index (χ0v) is 18.0. The normalized spacial score (nSPS) is 11.0. The maximum atomic E-state index is 5.38. The molecular formula is C21H21N3O2S2. The summed E-state index contributed by atoms with van der Waals surface area (Å²) < 4.78 is 11.8. The molecule has 0 amide bonds. The van der Waals surface area contributed by atoms with E-state index in [1.807, 2.05) is 12.1 Å². The number of fused-ring (bicyclic) bond motifs is 1. The standard InChI is InChI=1S/C21H21N3O2S2/c1-11-6-12(2)19(13(3)7-11)15-10-27-20(23-15)24-21-22-14-8-16(25-4)17(26-5)9-18(14)28-21/h6-10H,1-5H3,(H,22,23,24). The fraction of sp³-hybridized carbons (Fsp3) is 0.238. The van der Waals surface area contributed by atoms with Crippen molar-refractivity contribution >= 4 is 43.2 Å². The first-order chi connectivity index (χ1) is 13.5. The van der Waals surface area contributed by atoms with E-state index in [9.17, 15) is 0 Å². The van der Waals surface area contributed by atoms with Crippen LogP contribution >= 0.6 is 22.7 Å². The van der Waals surface area contributed by atoms with Crippen molar-refractivity contribution in [3.8, 4) is 22.8 Å². The number of anilines is 2. The van der Waals surface area contributed by atoms with Gasteiger partial charge in [0.2, 0.25) is 0 Å². The fourth-order valence-corrected chi connectivity index (χ4v) is 5.07. The summed E-state index contributed by atoms with van der Waals surface area (Å²) in [5.74, 6) is 1.38. The van der Waals surface area contributed by atoms with Crippen molar-refractivity contribution in [2.24, 2.45) is 0 Å². The molecule has 5 nitrogen and oxygen atoms in total. The van der Waals surface area contributed by atoms with E-state index in [1.165, 1.54) is 22.3 Å². The summed E-state index contributed by atoms with van der Waals surface area (Å²) in [6.07, 6.45) is 0. The van der Waals surface area contributed by atoms with E-state index in [0.29, 0.717) is 11.5 Å². The molecule has 0 radical (unpaired) electrons. The van der Waals surface area contributed by atoms with Gasteiger partial charge >= 0.3 is 0 Å². The number of benzene rings is 2. The third-order valence-electron chi connectivity index (χ3n) is 4.54. The highest BCUT2D eigenvalue weighted by Crippen LogP contribution is 2.38. The lowest BCUT2D eigenvalue weighted by atomic mass is 9.98. The van der Waals surface area contributed by atoms with Crippen LogP contribution in [0.1, 0.15) is 16.7 Å². The summed E-state index contributed by atoms with van der Waals surface area (Å²) in [5, 5.41) is 7.05. The highest BCUT2D eigenvalue weighted by molar-refractivity contribution is 7.22. The molecule has 0 aliphatic rings. The van der Waals surface area contributed by atoms with Gasteiger partial charge in [0.1, 0.15) is 0 Å². The molecule has 7 heteroatoms. The van der Waals surface area contributed by atoms with E-state index in [0.717, 1.165) is 26.2 Å². The van der Waals surface area contributed by atoms with Gasteiger partial charge in [0.25, 0.3) is 0 Å². The Kier molecular flexibility index (Phi) is 4.95. The molecule has 0 saturated heterocycles. The Morgan fingerprint density at radius 3 is 2.21 bits per heavy atom. The van der Waals surface area contributed by atoms with Crippen LogP contribution in [0.25, 0.3) is 21.5 Å². The zero-order valence-electron chi connectivity index (χ0n) is 16.4. The molecule has 0 aliphatic heterocycles. The minimum Gasteiger partial charge on any atom is -0.493 e. The van der Waals surface area contributed by atoms with Crippen LogP contribution in [-0.4, -0.2) is 24.2 Å². The number of rotatable bonds is 5. The lowest BCUT2D eigenvalue weighted by molar-refractivity contribution is 0.356. The number of nitrogens with zero attached hydrogens (tertiary/aromatic N) is 2. The molecule has 28 heavy (non-hydrogen) atoms. The summed E-state index contributed by atoms with van der Waals surface area (Å²) in [7, 11) is 3.26. The number of methoxy groups -OCH3 is 2. The van der Waals surface area contributed by atoms with Gasteiger partial charge in [-0.05, 0) is 31.9 Å². The quantitative estimate of drug-likeness (QED) is 0.430. The second-order valence-corrected chi connectivity index (χ2v) is 8.52. The van der Waals surface area contributed by atoms with Gasteiger partial charge in [0.05, 0.1) is 30.1 Å². The Morgan fingerprint density at radius 2 is 1.54 bits per heavy atom. The van der Waals surface area contributed by atoms with Crippen LogP contribution in [0.3, 0.4) is 0 Å². The lowest BCUT2D eigenvalue weighted by Crippen LogP contribution is -1.92. The lowest BCUT2D eigenvalue weighted by Gasteiger charge is -2.08. The minimum atomic E-state index is 0.675. The van der Waals surface area contributed by atoms with E-state index in [2.05, 4.69) is 48.6 Å². The predicted octanol–water partition coefficient (Wildman–Crippen LogP) is 6.11. The predicted molar refractivity (Wildman–Crippen MR) is 118 cm³/mol. The molecular weight excluding hydrogens is 390 g/mol. The van der Waals surface area contributed by atoms with Crippen LogP contribution in [-0.2, 0) is 0 Å². The summed E-state index contributed by atoms with van der Waals surface area (Å²) in [5.41, 5.74) is 6.82. The van der Waals surface area contributed by atoms with Crippen molar-refractivity contribution in [3.63, 3.8) is 0 Å². The van der Waals surface area contributed by atoms with Crippen LogP contribution in [0.2, 0.25) is 0 Å². The molecule has 0 fully saturated rings. The number of thiazole rings is 2. The van der Waals surface area contributed by atoms with Crippen molar-refractivity contribution in [1.82, 2.24) is 9.97 Å². The molecule has 4 rings (SSSR count). The van der Waals surface area contributed by atoms with E-state index >= 15 is 0 Å². The minimum absolute atomic E-state index is 0.675. The average molecular weight is 412 g/mol.